The van der Waals surface area contributed by atoms with Crippen molar-refractivity contribution in [2.24, 2.45) is 0 Å². The molecule has 25 heavy (non-hydrogen) atoms. The van der Waals surface area contributed by atoms with Crippen molar-refractivity contribution in [2.45, 2.75) is 6.92 Å². The number of pyridine rings is 1. The van der Waals surface area contributed by atoms with Crippen molar-refractivity contribution < 1.29 is 19.1 Å². The highest BCUT2D eigenvalue weighted by atomic mass is 16.7. The third-order valence-corrected chi connectivity index (χ3v) is 3.28. The van der Waals surface area contributed by atoms with E-state index >= 15 is 0 Å². The van der Waals surface area contributed by atoms with Crippen LogP contribution in [0.2, 0.25) is 0 Å². The number of allylic oxidation sites excluding steroid dienone is 1. The number of rotatable bonds is 5. The molecule has 0 unspecified atom stereocenters. The minimum atomic E-state index is -0.350. The number of hydrogen-bond donors (Lipinski definition) is 3. The second-order valence-electron chi connectivity index (χ2n) is 5.21. The first-order valence-corrected chi connectivity index (χ1v) is 7.47. The van der Waals surface area contributed by atoms with Crippen LogP contribution in [0.5, 0.6) is 11.5 Å². The van der Waals surface area contributed by atoms with Crippen LogP contribution in [0.1, 0.15) is 17.3 Å². The average Bonchev–Trinajstić information content (AvgIpc) is 3.08. The lowest BCUT2D eigenvalue weighted by Crippen LogP contribution is -2.36. The van der Waals surface area contributed by atoms with Crippen LogP contribution in [0.3, 0.4) is 0 Å². The lowest BCUT2D eigenvalue weighted by atomic mass is 10.2. The van der Waals surface area contributed by atoms with Crippen LogP contribution < -0.4 is 25.6 Å². The lowest BCUT2D eigenvalue weighted by molar-refractivity contribution is -0.112. The fraction of sp³-hybridized carbons (Fsp3) is 0.118. The molecule has 8 nitrogen and oxygen atoms in total. The average molecular weight is 340 g/mol. The van der Waals surface area contributed by atoms with Gasteiger partial charge in [-0.05, 0) is 31.2 Å². The molecule has 1 aromatic carbocycles. The second-order valence-corrected chi connectivity index (χ2v) is 5.21. The van der Waals surface area contributed by atoms with E-state index in [-0.39, 0.29) is 18.6 Å². The fourth-order valence-electron chi connectivity index (χ4n) is 2.11. The van der Waals surface area contributed by atoms with E-state index < -0.39 is 0 Å². The van der Waals surface area contributed by atoms with Gasteiger partial charge < -0.3 is 20.2 Å². The number of hydrazine groups is 1. The highest BCUT2D eigenvalue weighted by molar-refractivity contribution is 6.00. The summed E-state index contributed by atoms with van der Waals surface area (Å²) in [7, 11) is 0. The van der Waals surface area contributed by atoms with Crippen molar-refractivity contribution in [1.82, 2.24) is 15.8 Å². The molecular weight excluding hydrogens is 324 g/mol. The normalized spacial score (nSPS) is 12.4. The highest BCUT2D eigenvalue weighted by Gasteiger charge is 2.13. The number of nitrogens with one attached hydrogen (secondary N) is 3. The quantitative estimate of drug-likeness (QED) is 0.564. The molecule has 0 saturated carbocycles. The summed E-state index contributed by atoms with van der Waals surface area (Å²) < 4.78 is 10.5. The molecule has 0 spiro atoms. The predicted molar refractivity (Wildman–Crippen MR) is 89.8 cm³/mol. The van der Waals surface area contributed by atoms with Crippen LogP contribution in [0.15, 0.2) is 54.5 Å². The molecule has 8 heteroatoms. The SMILES string of the molecule is C/C(=C/C(=O)Nc1ccc2c(c1)OCO2)NNC(=O)c1cccnc1. The Balaban J connectivity index is 1.53. The molecule has 0 fully saturated rings. The van der Waals surface area contributed by atoms with E-state index in [9.17, 15) is 9.59 Å². The van der Waals surface area contributed by atoms with E-state index in [1.54, 1.807) is 43.5 Å². The van der Waals surface area contributed by atoms with Crippen molar-refractivity contribution in [3.63, 3.8) is 0 Å². The van der Waals surface area contributed by atoms with Crippen molar-refractivity contribution in [1.29, 1.82) is 0 Å². The third kappa shape index (κ3) is 4.25. The Morgan fingerprint density at radius 3 is 2.80 bits per heavy atom. The molecule has 0 bridgehead atoms. The molecule has 1 aromatic heterocycles. The van der Waals surface area contributed by atoms with Crippen molar-refractivity contribution >= 4 is 17.5 Å². The van der Waals surface area contributed by atoms with Crippen LogP contribution in [-0.2, 0) is 4.79 Å². The summed E-state index contributed by atoms with van der Waals surface area (Å²) in [5.74, 6) is 0.529. The smallest absolute Gasteiger partial charge is 0.271 e. The fourth-order valence-corrected chi connectivity index (χ4v) is 2.11. The van der Waals surface area contributed by atoms with Gasteiger partial charge in [0.05, 0.1) is 5.56 Å². The summed E-state index contributed by atoms with van der Waals surface area (Å²) >= 11 is 0. The molecule has 0 radical (unpaired) electrons. The van der Waals surface area contributed by atoms with Gasteiger partial charge in [-0.3, -0.25) is 20.0 Å². The standard InChI is InChI=1S/C17H16N4O4/c1-11(20-21-17(23)12-3-2-6-18-9-12)7-16(22)19-13-4-5-14-15(8-13)25-10-24-14/h2-9,20H,10H2,1H3,(H,19,22)(H,21,23)/b11-7-. The summed E-state index contributed by atoms with van der Waals surface area (Å²) in [6, 6.07) is 8.42. The molecule has 2 heterocycles. The monoisotopic (exact) mass is 340 g/mol. The van der Waals surface area contributed by atoms with Gasteiger partial charge in [0.25, 0.3) is 5.91 Å². The molecular formula is C17H16N4O4. The number of carbonyl (C=O) groups excluding carboxylic acids is 2. The zero-order valence-electron chi connectivity index (χ0n) is 13.4. The van der Waals surface area contributed by atoms with E-state index in [2.05, 4.69) is 21.2 Å². The molecule has 0 aliphatic carbocycles. The first-order valence-electron chi connectivity index (χ1n) is 7.47. The van der Waals surface area contributed by atoms with Gasteiger partial charge >= 0.3 is 0 Å². The minimum absolute atomic E-state index is 0.173. The molecule has 2 aromatic rings. The van der Waals surface area contributed by atoms with Gasteiger partial charge in [-0.15, -0.1) is 0 Å². The summed E-state index contributed by atoms with van der Waals surface area (Å²) in [5.41, 5.74) is 6.61. The summed E-state index contributed by atoms with van der Waals surface area (Å²) in [5, 5.41) is 2.71. The number of ether oxygens (including phenoxy) is 2. The lowest BCUT2D eigenvalue weighted by Gasteiger charge is -2.09. The minimum Gasteiger partial charge on any atom is -0.454 e. The Bertz CT molecular complexity index is 821. The summed E-state index contributed by atoms with van der Waals surface area (Å²) in [6.45, 7) is 1.83. The molecule has 3 N–H and O–H groups in total. The first kappa shape index (κ1) is 16.3. The van der Waals surface area contributed by atoms with E-state index in [1.165, 1.54) is 12.3 Å². The molecule has 3 rings (SSSR count). The van der Waals surface area contributed by atoms with E-state index in [0.29, 0.717) is 28.4 Å². The van der Waals surface area contributed by atoms with Crippen molar-refractivity contribution in [2.75, 3.05) is 12.1 Å². The molecule has 128 valence electrons. The maximum Gasteiger partial charge on any atom is 0.271 e. The Kier molecular flexibility index (Phi) is 4.79. The Labute approximate surface area is 143 Å². The number of nitrogens with zero attached hydrogens (tertiary/aromatic N) is 1. The Hall–Kier alpha value is -3.55. The van der Waals surface area contributed by atoms with Gasteiger partial charge in [-0.2, -0.15) is 0 Å². The molecule has 0 saturated heterocycles. The van der Waals surface area contributed by atoms with E-state index in [4.69, 9.17) is 9.47 Å². The second kappa shape index (κ2) is 7.35. The maximum atomic E-state index is 12.0. The molecule has 0 atom stereocenters. The van der Waals surface area contributed by atoms with Crippen LogP contribution in [0.25, 0.3) is 0 Å². The third-order valence-electron chi connectivity index (χ3n) is 3.28. The zero-order chi connectivity index (χ0) is 17.6. The van der Waals surface area contributed by atoms with Gasteiger partial charge in [0.1, 0.15) is 0 Å². The number of amides is 2. The first-order chi connectivity index (χ1) is 12.1. The molecule has 1 aliphatic heterocycles. The number of fused-ring (bicyclic) bond motifs is 1. The van der Waals surface area contributed by atoms with Crippen LogP contribution in [0.4, 0.5) is 5.69 Å². The number of aromatic nitrogens is 1. The van der Waals surface area contributed by atoms with Gasteiger partial charge in [0, 0.05) is 35.9 Å². The number of carbonyl (C=O) groups is 2. The van der Waals surface area contributed by atoms with Gasteiger partial charge in [0.2, 0.25) is 12.7 Å². The summed E-state index contributed by atoms with van der Waals surface area (Å²) in [4.78, 5) is 27.7. The maximum absolute atomic E-state index is 12.0. The number of anilines is 1. The summed E-state index contributed by atoms with van der Waals surface area (Å²) in [6.07, 6.45) is 4.35. The van der Waals surface area contributed by atoms with Gasteiger partial charge in [-0.1, -0.05) is 0 Å². The van der Waals surface area contributed by atoms with Crippen LogP contribution >= 0.6 is 0 Å². The van der Waals surface area contributed by atoms with E-state index in [0.717, 1.165) is 0 Å². The number of hydrogen-bond acceptors (Lipinski definition) is 6. The van der Waals surface area contributed by atoms with Crippen LogP contribution in [-0.4, -0.2) is 23.6 Å². The van der Waals surface area contributed by atoms with Crippen molar-refractivity contribution in [3.05, 3.63) is 60.1 Å². The predicted octanol–water partition coefficient (Wildman–Crippen LogP) is 1.59. The Morgan fingerprint density at radius 1 is 1.16 bits per heavy atom. The largest absolute Gasteiger partial charge is 0.454 e. The van der Waals surface area contributed by atoms with Gasteiger partial charge in [-0.25, -0.2) is 0 Å². The van der Waals surface area contributed by atoms with Crippen LogP contribution in [0, 0.1) is 0 Å². The highest BCUT2D eigenvalue weighted by Crippen LogP contribution is 2.34. The van der Waals surface area contributed by atoms with E-state index in [1.807, 2.05) is 0 Å². The number of benzene rings is 1. The molecule has 1 aliphatic rings. The van der Waals surface area contributed by atoms with Crippen molar-refractivity contribution in [3.8, 4) is 11.5 Å². The molecule has 2 amide bonds. The zero-order valence-corrected chi connectivity index (χ0v) is 13.4. The topological polar surface area (TPSA) is 102 Å². The Morgan fingerprint density at radius 2 is 2.00 bits per heavy atom. The van der Waals surface area contributed by atoms with Gasteiger partial charge in [0.15, 0.2) is 11.5 Å².